The lowest BCUT2D eigenvalue weighted by Gasteiger charge is -2.12. The summed E-state index contributed by atoms with van der Waals surface area (Å²) in [5.41, 5.74) is 1.01. The number of carbonyl (C=O) groups is 1. The number of halogens is 1. The van der Waals surface area contributed by atoms with E-state index in [4.69, 9.17) is 0 Å². The van der Waals surface area contributed by atoms with Crippen molar-refractivity contribution in [3.63, 3.8) is 0 Å². The minimum Gasteiger partial charge on any atom is -0.320 e. The van der Waals surface area contributed by atoms with Crippen LogP contribution in [0.25, 0.3) is 17.3 Å². The summed E-state index contributed by atoms with van der Waals surface area (Å²) in [6, 6.07) is 13.3. The maximum Gasteiger partial charge on any atom is 0.261 e. The van der Waals surface area contributed by atoms with Crippen molar-refractivity contribution in [3.8, 4) is 17.3 Å². The number of nitrogens with zero attached hydrogens (tertiary/aromatic N) is 7. The fourth-order valence-electron chi connectivity index (χ4n) is 3.15. The number of rotatable bonds is 5. The first-order chi connectivity index (χ1) is 15.2. The maximum absolute atomic E-state index is 14.4. The molecular formula is C21H15FN8O. The summed E-state index contributed by atoms with van der Waals surface area (Å²) in [6.45, 7) is 0. The van der Waals surface area contributed by atoms with Crippen LogP contribution in [-0.2, 0) is 0 Å². The van der Waals surface area contributed by atoms with Gasteiger partial charge in [-0.2, -0.15) is 10.2 Å². The summed E-state index contributed by atoms with van der Waals surface area (Å²) in [5, 5.41) is 11.1. The fraction of sp³-hybridized carbons (Fsp3) is 0. The van der Waals surface area contributed by atoms with Gasteiger partial charge in [0.25, 0.3) is 5.91 Å². The second kappa shape index (κ2) is 7.67. The van der Waals surface area contributed by atoms with Crippen LogP contribution < -0.4 is 5.32 Å². The van der Waals surface area contributed by atoms with Crippen LogP contribution in [0, 0.1) is 5.82 Å². The fourth-order valence-corrected chi connectivity index (χ4v) is 3.15. The van der Waals surface area contributed by atoms with Gasteiger partial charge in [0, 0.05) is 12.4 Å². The third-order valence-electron chi connectivity index (χ3n) is 4.58. The third-order valence-corrected chi connectivity index (χ3v) is 4.58. The quantitative estimate of drug-likeness (QED) is 0.477. The van der Waals surface area contributed by atoms with E-state index in [2.05, 4.69) is 25.5 Å². The number of para-hydroxylation sites is 1. The van der Waals surface area contributed by atoms with Crippen LogP contribution in [0.4, 0.5) is 10.1 Å². The van der Waals surface area contributed by atoms with Crippen molar-refractivity contribution in [2.45, 2.75) is 0 Å². The highest BCUT2D eigenvalue weighted by Gasteiger charge is 2.21. The Bertz CT molecular complexity index is 1320. The normalized spacial score (nSPS) is 10.9. The number of hydrogen-bond donors (Lipinski definition) is 1. The molecule has 31 heavy (non-hydrogen) atoms. The predicted molar refractivity (Wildman–Crippen MR) is 110 cm³/mol. The number of nitrogens with one attached hydrogen (secondary N) is 1. The van der Waals surface area contributed by atoms with Gasteiger partial charge in [-0.25, -0.2) is 23.7 Å². The summed E-state index contributed by atoms with van der Waals surface area (Å²) >= 11 is 0. The standard InChI is InChI=1S/C21H15FN8O/c22-17-5-1-2-6-18(17)30-21(28-9-3-4-10-28)16(12-25-30)20(31)27-15-7-8-19(24-11-15)29-14-23-13-26-29/h1-14H,(H,27,31). The zero-order valence-corrected chi connectivity index (χ0v) is 16.0. The second-order valence-corrected chi connectivity index (χ2v) is 6.53. The highest BCUT2D eigenvalue weighted by molar-refractivity contribution is 6.06. The molecule has 1 N–H and O–H groups in total. The highest BCUT2D eigenvalue weighted by Crippen LogP contribution is 2.22. The molecule has 4 heterocycles. The van der Waals surface area contributed by atoms with E-state index in [1.807, 2.05) is 12.1 Å². The number of amides is 1. The molecule has 0 saturated carbocycles. The first-order valence-corrected chi connectivity index (χ1v) is 9.29. The Morgan fingerprint density at radius 3 is 2.52 bits per heavy atom. The Morgan fingerprint density at radius 1 is 0.968 bits per heavy atom. The summed E-state index contributed by atoms with van der Waals surface area (Å²) in [7, 11) is 0. The topological polar surface area (TPSA) is 95.5 Å². The second-order valence-electron chi connectivity index (χ2n) is 6.53. The van der Waals surface area contributed by atoms with E-state index in [0.29, 0.717) is 17.3 Å². The lowest BCUT2D eigenvalue weighted by molar-refractivity contribution is 0.102. The molecule has 10 heteroatoms. The molecule has 5 rings (SSSR count). The van der Waals surface area contributed by atoms with Gasteiger partial charge in [0.1, 0.15) is 29.7 Å². The van der Waals surface area contributed by atoms with E-state index >= 15 is 0 Å². The van der Waals surface area contributed by atoms with E-state index in [1.165, 1.54) is 40.5 Å². The minimum atomic E-state index is -0.445. The number of hydrogen-bond acceptors (Lipinski definition) is 5. The summed E-state index contributed by atoms with van der Waals surface area (Å²) < 4.78 is 19.0. The number of anilines is 1. The lowest BCUT2D eigenvalue weighted by atomic mass is 10.2. The van der Waals surface area contributed by atoms with Gasteiger partial charge in [0.15, 0.2) is 11.6 Å². The van der Waals surface area contributed by atoms with Gasteiger partial charge in [-0.1, -0.05) is 12.1 Å². The molecule has 1 aromatic carbocycles. The van der Waals surface area contributed by atoms with Gasteiger partial charge in [-0.05, 0) is 36.4 Å². The van der Waals surface area contributed by atoms with Crippen LogP contribution in [0.2, 0.25) is 0 Å². The van der Waals surface area contributed by atoms with Gasteiger partial charge in [-0.15, -0.1) is 0 Å². The Morgan fingerprint density at radius 2 is 1.81 bits per heavy atom. The molecule has 1 amide bonds. The van der Waals surface area contributed by atoms with Gasteiger partial charge in [0.05, 0.1) is 18.1 Å². The van der Waals surface area contributed by atoms with Crippen molar-refractivity contribution in [1.82, 2.24) is 34.1 Å². The van der Waals surface area contributed by atoms with Crippen LogP contribution in [-0.4, -0.2) is 40.0 Å². The average molecular weight is 414 g/mol. The molecule has 0 atom stereocenters. The SMILES string of the molecule is O=C(Nc1ccc(-n2cncn2)nc1)c1cnn(-c2ccccc2F)c1-n1cccc1. The lowest BCUT2D eigenvalue weighted by Crippen LogP contribution is -2.16. The van der Waals surface area contributed by atoms with Crippen molar-refractivity contribution in [3.05, 3.63) is 97.4 Å². The number of carbonyl (C=O) groups excluding carboxylic acids is 1. The average Bonchev–Trinajstić information content (AvgIpc) is 3.55. The largest absolute Gasteiger partial charge is 0.320 e. The molecule has 0 aliphatic heterocycles. The Hall–Kier alpha value is -4.60. The first kappa shape index (κ1) is 18.4. The number of pyridine rings is 1. The van der Waals surface area contributed by atoms with Crippen LogP contribution in [0.5, 0.6) is 0 Å². The van der Waals surface area contributed by atoms with Gasteiger partial charge in [-0.3, -0.25) is 4.79 Å². The molecule has 0 bridgehead atoms. The Balaban J connectivity index is 1.49. The molecule has 0 fully saturated rings. The molecule has 0 unspecified atom stereocenters. The van der Waals surface area contributed by atoms with E-state index in [-0.39, 0.29) is 11.3 Å². The van der Waals surface area contributed by atoms with Crippen molar-refractivity contribution in [1.29, 1.82) is 0 Å². The maximum atomic E-state index is 14.4. The van der Waals surface area contributed by atoms with E-state index in [1.54, 1.807) is 47.3 Å². The Kier molecular flexibility index (Phi) is 4.56. The molecule has 9 nitrogen and oxygen atoms in total. The zero-order chi connectivity index (χ0) is 21.2. The van der Waals surface area contributed by atoms with Gasteiger partial charge in [0.2, 0.25) is 0 Å². The first-order valence-electron chi connectivity index (χ1n) is 9.29. The van der Waals surface area contributed by atoms with Crippen molar-refractivity contribution in [2.24, 2.45) is 0 Å². The van der Waals surface area contributed by atoms with Gasteiger partial charge >= 0.3 is 0 Å². The Labute approximate surface area is 175 Å². The molecule has 0 aliphatic rings. The van der Waals surface area contributed by atoms with Crippen molar-refractivity contribution < 1.29 is 9.18 Å². The van der Waals surface area contributed by atoms with Gasteiger partial charge < -0.3 is 9.88 Å². The van der Waals surface area contributed by atoms with Crippen molar-refractivity contribution in [2.75, 3.05) is 5.32 Å². The monoisotopic (exact) mass is 414 g/mol. The van der Waals surface area contributed by atoms with Crippen LogP contribution in [0.15, 0.2) is 86.0 Å². The molecule has 152 valence electrons. The summed E-state index contributed by atoms with van der Waals surface area (Å²) in [4.78, 5) is 21.2. The van der Waals surface area contributed by atoms with Crippen LogP contribution in [0.1, 0.15) is 10.4 Å². The third kappa shape index (κ3) is 3.46. The van der Waals surface area contributed by atoms with E-state index in [9.17, 15) is 9.18 Å². The zero-order valence-electron chi connectivity index (χ0n) is 16.0. The van der Waals surface area contributed by atoms with Crippen LogP contribution in [0.3, 0.4) is 0 Å². The van der Waals surface area contributed by atoms with Crippen LogP contribution >= 0.6 is 0 Å². The predicted octanol–water partition coefficient (Wildman–Crippen LogP) is 3.03. The summed E-state index contributed by atoms with van der Waals surface area (Å²) in [5.74, 6) is 0.135. The molecular weight excluding hydrogens is 399 g/mol. The minimum absolute atomic E-state index is 0.240. The smallest absolute Gasteiger partial charge is 0.261 e. The molecule has 5 aromatic rings. The molecule has 0 radical (unpaired) electrons. The number of benzene rings is 1. The molecule has 0 saturated heterocycles. The molecule has 0 aliphatic carbocycles. The van der Waals surface area contributed by atoms with E-state index in [0.717, 1.165) is 0 Å². The highest BCUT2D eigenvalue weighted by atomic mass is 19.1. The molecule has 4 aromatic heterocycles. The van der Waals surface area contributed by atoms with E-state index < -0.39 is 11.7 Å². The van der Waals surface area contributed by atoms with Crippen molar-refractivity contribution >= 4 is 11.6 Å². The number of aromatic nitrogens is 7. The molecule has 0 spiro atoms. The summed E-state index contributed by atoms with van der Waals surface area (Å²) in [6.07, 6.45) is 9.40.